The van der Waals surface area contributed by atoms with Gasteiger partial charge in [0.2, 0.25) is 0 Å². The third kappa shape index (κ3) is 2.60. The van der Waals surface area contributed by atoms with Crippen LogP contribution in [0.1, 0.15) is 40.5 Å². The normalized spacial score (nSPS) is 19.0. The van der Waals surface area contributed by atoms with E-state index in [-0.39, 0.29) is 0 Å². The molecule has 1 atom stereocenters. The minimum absolute atomic E-state index is 0.609. The van der Waals surface area contributed by atoms with Gasteiger partial charge >= 0.3 is 0 Å². The third-order valence-electron chi connectivity index (χ3n) is 3.32. The van der Waals surface area contributed by atoms with Gasteiger partial charge in [-0.05, 0) is 37.8 Å². The van der Waals surface area contributed by atoms with Crippen molar-refractivity contribution in [3.63, 3.8) is 0 Å². The summed E-state index contributed by atoms with van der Waals surface area (Å²) in [6.45, 7) is 15.7. The molecule has 0 heterocycles. The maximum Gasteiger partial charge on any atom is 0.0330 e. The van der Waals surface area contributed by atoms with Crippen LogP contribution < -0.4 is 0 Å². The van der Waals surface area contributed by atoms with E-state index in [1.54, 1.807) is 0 Å². The van der Waals surface area contributed by atoms with E-state index in [9.17, 15) is 0 Å². The number of likely N-dealkylation sites (N-methyl/N-ethyl adjacent to an activating group) is 1. The first-order chi connectivity index (χ1) is 6.61. The van der Waals surface area contributed by atoms with Gasteiger partial charge in [-0.15, -0.1) is 0 Å². The highest BCUT2D eigenvalue weighted by Crippen LogP contribution is 2.39. The van der Waals surface area contributed by atoms with E-state index >= 15 is 0 Å². The Labute approximate surface area is 89.2 Å². The van der Waals surface area contributed by atoms with E-state index in [0.717, 1.165) is 19.0 Å². The van der Waals surface area contributed by atoms with Gasteiger partial charge in [-0.2, -0.15) is 0 Å². The Bertz CT molecular complexity index is 187. The zero-order valence-corrected chi connectivity index (χ0v) is 10.2. The molecule has 0 aliphatic heterocycles. The molecule has 0 radical (unpaired) electrons. The predicted octanol–water partition coefficient (Wildman–Crippen LogP) is 3.32. The van der Waals surface area contributed by atoms with Gasteiger partial charge in [0.1, 0.15) is 0 Å². The third-order valence-corrected chi connectivity index (χ3v) is 3.32. The van der Waals surface area contributed by atoms with Crippen LogP contribution in [-0.4, -0.2) is 24.0 Å². The molecule has 0 spiro atoms. The van der Waals surface area contributed by atoms with Gasteiger partial charge in [0.05, 0.1) is 0 Å². The summed E-state index contributed by atoms with van der Waals surface area (Å²) in [5, 5.41) is 0. The Kier molecular flexibility index (Phi) is 4.18. The van der Waals surface area contributed by atoms with Crippen LogP contribution in [0.3, 0.4) is 0 Å². The number of hydrogen-bond donors (Lipinski definition) is 0. The summed E-state index contributed by atoms with van der Waals surface area (Å²) >= 11 is 0. The Morgan fingerprint density at radius 2 is 1.79 bits per heavy atom. The van der Waals surface area contributed by atoms with Crippen molar-refractivity contribution < 1.29 is 0 Å². The lowest BCUT2D eigenvalue weighted by Crippen LogP contribution is -2.40. The molecule has 0 aromatic carbocycles. The second-order valence-electron chi connectivity index (χ2n) is 4.76. The fourth-order valence-corrected chi connectivity index (χ4v) is 2.40. The molecule has 14 heavy (non-hydrogen) atoms. The minimum atomic E-state index is 0.609. The summed E-state index contributed by atoms with van der Waals surface area (Å²) in [5.74, 6) is 1.53. The Morgan fingerprint density at radius 3 is 2.07 bits per heavy atom. The molecule has 1 aliphatic carbocycles. The summed E-state index contributed by atoms with van der Waals surface area (Å²) in [7, 11) is 0. The smallest absolute Gasteiger partial charge is 0.0330 e. The largest absolute Gasteiger partial charge is 0.297 e. The summed E-state index contributed by atoms with van der Waals surface area (Å²) in [5.41, 5.74) is 1.49. The molecular formula is C13H25N. The predicted molar refractivity (Wildman–Crippen MR) is 63.4 cm³/mol. The van der Waals surface area contributed by atoms with Crippen LogP contribution in [0.15, 0.2) is 12.2 Å². The van der Waals surface area contributed by atoms with Gasteiger partial charge in [0.25, 0.3) is 0 Å². The van der Waals surface area contributed by atoms with Crippen molar-refractivity contribution in [2.75, 3.05) is 13.1 Å². The van der Waals surface area contributed by atoms with Crippen LogP contribution in [0, 0.1) is 11.8 Å². The van der Waals surface area contributed by atoms with Gasteiger partial charge in [-0.25, -0.2) is 0 Å². The first kappa shape index (κ1) is 11.8. The molecule has 1 unspecified atom stereocenters. The van der Waals surface area contributed by atoms with E-state index < -0.39 is 0 Å². The van der Waals surface area contributed by atoms with Crippen LogP contribution >= 0.6 is 0 Å². The van der Waals surface area contributed by atoms with Crippen LogP contribution in [0.25, 0.3) is 0 Å². The molecule has 82 valence electrons. The average Bonchev–Trinajstić information content (AvgIpc) is 2.95. The summed E-state index contributed by atoms with van der Waals surface area (Å²) < 4.78 is 0. The Hall–Kier alpha value is -0.300. The van der Waals surface area contributed by atoms with Crippen molar-refractivity contribution in [3.05, 3.63) is 12.2 Å². The van der Waals surface area contributed by atoms with Gasteiger partial charge in [0.15, 0.2) is 0 Å². The molecule has 0 N–H and O–H groups in total. The SMILES string of the molecule is C=C(C1CC1)C(C(C)C)N(CC)CC. The zero-order chi connectivity index (χ0) is 10.7. The summed E-state index contributed by atoms with van der Waals surface area (Å²) in [6.07, 6.45) is 2.76. The van der Waals surface area contributed by atoms with Gasteiger partial charge < -0.3 is 0 Å². The van der Waals surface area contributed by atoms with E-state index in [0.29, 0.717) is 12.0 Å². The molecule has 0 bridgehead atoms. The highest BCUT2D eigenvalue weighted by atomic mass is 15.1. The van der Waals surface area contributed by atoms with Gasteiger partial charge in [-0.3, -0.25) is 4.90 Å². The van der Waals surface area contributed by atoms with E-state index in [1.807, 2.05) is 0 Å². The second kappa shape index (κ2) is 4.97. The maximum absolute atomic E-state index is 4.31. The maximum atomic E-state index is 4.31. The molecule has 0 aromatic heterocycles. The quantitative estimate of drug-likeness (QED) is 0.588. The molecule has 1 saturated carbocycles. The lowest BCUT2D eigenvalue weighted by atomic mass is 9.92. The fraction of sp³-hybridized carbons (Fsp3) is 0.846. The summed E-state index contributed by atoms with van der Waals surface area (Å²) in [6, 6.07) is 0.609. The highest BCUT2D eigenvalue weighted by molar-refractivity contribution is 5.16. The molecular weight excluding hydrogens is 170 g/mol. The Balaban J connectivity index is 2.65. The fourth-order valence-electron chi connectivity index (χ4n) is 2.40. The highest BCUT2D eigenvalue weighted by Gasteiger charge is 2.33. The number of hydrogen-bond acceptors (Lipinski definition) is 1. The first-order valence-corrected chi connectivity index (χ1v) is 6.04. The zero-order valence-electron chi connectivity index (χ0n) is 10.2. The Morgan fingerprint density at radius 1 is 1.29 bits per heavy atom. The van der Waals surface area contributed by atoms with Gasteiger partial charge in [0, 0.05) is 6.04 Å². The van der Waals surface area contributed by atoms with Crippen molar-refractivity contribution in [2.45, 2.75) is 46.6 Å². The summed E-state index contributed by atoms with van der Waals surface area (Å²) in [4.78, 5) is 2.55. The lowest BCUT2D eigenvalue weighted by molar-refractivity contribution is 0.195. The van der Waals surface area contributed by atoms with Crippen LogP contribution in [0.2, 0.25) is 0 Å². The average molecular weight is 195 g/mol. The lowest BCUT2D eigenvalue weighted by Gasteiger charge is -2.34. The first-order valence-electron chi connectivity index (χ1n) is 6.04. The molecule has 1 fully saturated rings. The van der Waals surface area contributed by atoms with Crippen molar-refractivity contribution in [1.29, 1.82) is 0 Å². The van der Waals surface area contributed by atoms with Crippen molar-refractivity contribution in [2.24, 2.45) is 11.8 Å². The van der Waals surface area contributed by atoms with E-state index in [1.165, 1.54) is 18.4 Å². The molecule has 1 nitrogen and oxygen atoms in total. The molecule has 0 saturated heterocycles. The van der Waals surface area contributed by atoms with Crippen LogP contribution in [0.5, 0.6) is 0 Å². The van der Waals surface area contributed by atoms with Crippen LogP contribution in [0.4, 0.5) is 0 Å². The van der Waals surface area contributed by atoms with Gasteiger partial charge in [-0.1, -0.05) is 39.8 Å². The second-order valence-corrected chi connectivity index (χ2v) is 4.76. The van der Waals surface area contributed by atoms with Crippen LogP contribution in [-0.2, 0) is 0 Å². The monoisotopic (exact) mass is 195 g/mol. The van der Waals surface area contributed by atoms with Crippen molar-refractivity contribution in [1.82, 2.24) is 4.90 Å². The number of rotatable bonds is 6. The van der Waals surface area contributed by atoms with Crippen molar-refractivity contribution >= 4 is 0 Å². The van der Waals surface area contributed by atoms with Crippen molar-refractivity contribution in [3.8, 4) is 0 Å². The molecule has 0 amide bonds. The topological polar surface area (TPSA) is 3.24 Å². The van der Waals surface area contributed by atoms with E-state index in [4.69, 9.17) is 0 Å². The molecule has 1 heteroatoms. The molecule has 1 rings (SSSR count). The standard InChI is InChI=1S/C13H25N/c1-6-14(7-2)13(10(3)4)11(5)12-8-9-12/h10,12-13H,5-9H2,1-4H3. The van der Waals surface area contributed by atoms with E-state index in [2.05, 4.69) is 39.2 Å². The minimum Gasteiger partial charge on any atom is -0.297 e. The number of nitrogens with zero attached hydrogens (tertiary/aromatic N) is 1. The molecule has 0 aromatic rings. The molecule has 1 aliphatic rings.